The van der Waals surface area contributed by atoms with Crippen molar-refractivity contribution in [1.29, 1.82) is 5.41 Å². The highest BCUT2D eigenvalue weighted by molar-refractivity contribution is 5.95. The van der Waals surface area contributed by atoms with Crippen molar-refractivity contribution in [3.05, 3.63) is 48.3 Å². The van der Waals surface area contributed by atoms with Crippen molar-refractivity contribution in [2.24, 2.45) is 5.73 Å². The maximum atomic E-state index is 7.48. The molecule has 3 N–H and O–H groups in total. The van der Waals surface area contributed by atoms with E-state index < -0.39 is 0 Å². The molecule has 0 aliphatic rings. The van der Waals surface area contributed by atoms with Gasteiger partial charge in [0.05, 0.1) is 0 Å². The number of nitrogen functional groups attached to an aromatic ring is 1. The van der Waals surface area contributed by atoms with Crippen LogP contribution in [-0.4, -0.2) is 24.9 Å². The minimum absolute atomic E-state index is 0.112. The van der Waals surface area contributed by atoms with E-state index in [0.29, 0.717) is 17.2 Å². The zero-order chi connectivity index (χ0) is 13.8. The Morgan fingerprint density at radius 2 is 2.05 bits per heavy atom. The first-order valence-corrected chi connectivity index (χ1v) is 5.82. The first-order chi connectivity index (χ1) is 9.08. The zero-order valence-electron chi connectivity index (χ0n) is 10.9. The quantitative estimate of drug-likeness (QED) is 0.649. The molecule has 0 radical (unpaired) electrons. The fourth-order valence-electron chi connectivity index (χ4n) is 1.63. The van der Waals surface area contributed by atoms with Gasteiger partial charge in [0.15, 0.2) is 5.75 Å². The van der Waals surface area contributed by atoms with Crippen molar-refractivity contribution in [1.82, 2.24) is 4.98 Å². The molecule has 1 heterocycles. The lowest BCUT2D eigenvalue weighted by atomic mass is 10.2. The van der Waals surface area contributed by atoms with Crippen LogP contribution in [0.25, 0.3) is 0 Å². The molecule has 0 saturated heterocycles. The van der Waals surface area contributed by atoms with Crippen LogP contribution in [0.15, 0.2) is 42.6 Å². The largest absolute Gasteiger partial charge is 0.455 e. The van der Waals surface area contributed by atoms with Gasteiger partial charge in [-0.1, -0.05) is 6.07 Å². The highest BCUT2D eigenvalue weighted by Gasteiger charge is 2.09. The standard InChI is InChI=1S/C14H16N4O/c1-18(2)10-5-3-6-11(9-10)19-12-7-4-8-17-13(12)14(15)16/h3-9H,1-2H3,(H3,15,16). The van der Waals surface area contributed by atoms with Gasteiger partial charge in [-0.3, -0.25) is 5.41 Å². The van der Waals surface area contributed by atoms with Crippen LogP contribution < -0.4 is 15.4 Å². The number of nitrogens with zero attached hydrogens (tertiary/aromatic N) is 2. The summed E-state index contributed by atoms with van der Waals surface area (Å²) in [4.78, 5) is 6.04. The predicted octanol–water partition coefficient (Wildman–Crippen LogP) is 2.22. The van der Waals surface area contributed by atoms with Gasteiger partial charge < -0.3 is 15.4 Å². The summed E-state index contributed by atoms with van der Waals surface area (Å²) in [5.41, 5.74) is 6.86. The smallest absolute Gasteiger partial charge is 0.156 e. The normalized spacial score (nSPS) is 10.0. The van der Waals surface area contributed by atoms with E-state index in [1.807, 2.05) is 43.3 Å². The molecule has 2 rings (SSSR count). The predicted molar refractivity (Wildman–Crippen MR) is 76.1 cm³/mol. The maximum Gasteiger partial charge on any atom is 0.156 e. The van der Waals surface area contributed by atoms with Crippen LogP contribution in [0.5, 0.6) is 11.5 Å². The van der Waals surface area contributed by atoms with E-state index in [1.54, 1.807) is 18.3 Å². The summed E-state index contributed by atoms with van der Waals surface area (Å²) in [6.07, 6.45) is 1.58. The number of aromatic nitrogens is 1. The molecule has 19 heavy (non-hydrogen) atoms. The van der Waals surface area contributed by atoms with Crippen LogP contribution in [-0.2, 0) is 0 Å². The molecule has 0 aliphatic carbocycles. The summed E-state index contributed by atoms with van der Waals surface area (Å²) >= 11 is 0. The number of anilines is 1. The molecule has 1 aromatic heterocycles. The van der Waals surface area contributed by atoms with E-state index in [0.717, 1.165) is 5.69 Å². The fraction of sp³-hybridized carbons (Fsp3) is 0.143. The minimum atomic E-state index is -0.112. The third-order valence-corrected chi connectivity index (χ3v) is 2.59. The number of benzene rings is 1. The molecule has 0 atom stereocenters. The monoisotopic (exact) mass is 256 g/mol. The van der Waals surface area contributed by atoms with Crippen molar-refractivity contribution >= 4 is 11.5 Å². The van der Waals surface area contributed by atoms with Gasteiger partial charge in [0.25, 0.3) is 0 Å². The summed E-state index contributed by atoms with van der Waals surface area (Å²) in [7, 11) is 3.92. The second-order valence-electron chi connectivity index (χ2n) is 4.26. The second-order valence-corrected chi connectivity index (χ2v) is 4.26. The third-order valence-electron chi connectivity index (χ3n) is 2.59. The molecule has 2 aromatic rings. The fourth-order valence-corrected chi connectivity index (χ4v) is 1.63. The molecule has 1 aromatic carbocycles. The maximum absolute atomic E-state index is 7.48. The highest BCUT2D eigenvalue weighted by Crippen LogP contribution is 2.26. The lowest BCUT2D eigenvalue weighted by Crippen LogP contribution is -2.14. The Hall–Kier alpha value is -2.56. The Labute approximate surface area is 112 Å². The third kappa shape index (κ3) is 3.01. The van der Waals surface area contributed by atoms with Gasteiger partial charge in [-0.2, -0.15) is 0 Å². The molecule has 0 spiro atoms. The zero-order valence-corrected chi connectivity index (χ0v) is 10.9. The van der Waals surface area contributed by atoms with Crippen molar-refractivity contribution in [2.45, 2.75) is 0 Å². The van der Waals surface area contributed by atoms with Gasteiger partial charge >= 0.3 is 0 Å². The molecule has 0 fully saturated rings. The van der Waals surface area contributed by atoms with Crippen molar-refractivity contribution in [3.63, 3.8) is 0 Å². The van der Waals surface area contributed by atoms with Crippen molar-refractivity contribution < 1.29 is 4.74 Å². The van der Waals surface area contributed by atoms with Crippen LogP contribution in [0, 0.1) is 5.41 Å². The van der Waals surface area contributed by atoms with Crippen LogP contribution in [0.2, 0.25) is 0 Å². The Morgan fingerprint density at radius 3 is 2.74 bits per heavy atom. The number of pyridine rings is 1. The Kier molecular flexibility index (Phi) is 3.66. The molecule has 5 heteroatoms. The van der Waals surface area contributed by atoms with E-state index in [9.17, 15) is 0 Å². The number of nitrogens with one attached hydrogen (secondary N) is 1. The number of amidine groups is 1. The van der Waals surface area contributed by atoms with E-state index in [4.69, 9.17) is 15.9 Å². The molecule has 0 unspecified atom stereocenters. The van der Waals surface area contributed by atoms with Gasteiger partial charge in [0.2, 0.25) is 0 Å². The van der Waals surface area contributed by atoms with E-state index in [-0.39, 0.29) is 5.84 Å². The molecule has 0 aliphatic heterocycles. The molecule has 98 valence electrons. The van der Waals surface area contributed by atoms with Gasteiger partial charge in [0, 0.05) is 32.0 Å². The molecule has 0 amide bonds. The summed E-state index contributed by atoms with van der Waals surface area (Å²) in [5.74, 6) is 1.05. The minimum Gasteiger partial charge on any atom is -0.455 e. The molecule has 0 bridgehead atoms. The summed E-state index contributed by atoms with van der Waals surface area (Å²) in [6.45, 7) is 0. The Morgan fingerprint density at radius 1 is 1.26 bits per heavy atom. The lowest BCUT2D eigenvalue weighted by Gasteiger charge is -2.14. The topological polar surface area (TPSA) is 75.2 Å². The van der Waals surface area contributed by atoms with Crippen molar-refractivity contribution in [3.8, 4) is 11.5 Å². The van der Waals surface area contributed by atoms with Crippen LogP contribution in [0.3, 0.4) is 0 Å². The SMILES string of the molecule is CN(C)c1cccc(Oc2cccnc2C(=N)N)c1. The first kappa shape index (κ1) is 12.9. The summed E-state index contributed by atoms with van der Waals surface area (Å²) in [6, 6.07) is 11.2. The molecule has 5 nitrogen and oxygen atoms in total. The van der Waals surface area contributed by atoms with Crippen molar-refractivity contribution in [2.75, 3.05) is 19.0 Å². The van der Waals surface area contributed by atoms with Crippen LogP contribution in [0.1, 0.15) is 5.69 Å². The van der Waals surface area contributed by atoms with E-state index in [1.165, 1.54) is 0 Å². The molecular weight excluding hydrogens is 240 g/mol. The lowest BCUT2D eigenvalue weighted by molar-refractivity contribution is 0.479. The number of nitrogens with two attached hydrogens (primary N) is 1. The van der Waals surface area contributed by atoms with Gasteiger partial charge in [0.1, 0.15) is 17.3 Å². The summed E-state index contributed by atoms with van der Waals surface area (Å²) in [5, 5.41) is 7.48. The van der Waals surface area contributed by atoms with Gasteiger partial charge in [-0.15, -0.1) is 0 Å². The van der Waals surface area contributed by atoms with E-state index in [2.05, 4.69) is 4.98 Å². The molecule has 0 saturated carbocycles. The van der Waals surface area contributed by atoms with Crippen LogP contribution in [0.4, 0.5) is 5.69 Å². The molecular formula is C14H16N4O. The average Bonchev–Trinajstić information content (AvgIpc) is 2.39. The average molecular weight is 256 g/mol. The van der Waals surface area contributed by atoms with Gasteiger partial charge in [-0.25, -0.2) is 4.98 Å². The van der Waals surface area contributed by atoms with Crippen LogP contribution >= 0.6 is 0 Å². The number of hydrogen-bond acceptors (Lipinski definition) is 4. The Bertz CT molecular complexity index is 596. The first-order valence-electron chi connectivity index (χ1n) is 5.82. The van der Waals surface area contributed by atoms with Gasteiger partial charge in [-0.05, 0) is 24.3 Å². The number of ether oxygens (including phenoxy) is 1. The Balaban J connectivity index is 2.31. The van der Waals surface area contributed by atoms with E-state index >= 15 is 0 Å². The summed E-state index contributed by atoms with van der Waals surface area (Å²) < 4.78 is 5.75. The highest BCUT2D eigenvalue weighted by atomic mass is 16.5. The number of rotatable bonds is 4. The number of hydrogen-bond donors (Lipinski definition) is 2. The second kappa shape index (κ2) is 5.39.